The highest BCUT2D eigenvalue weighted by Gasteiger charge is 2.27. The third-order valence-corrected chi connectivity index (χ3v) is 2.54. The van der Waals surface area contributed by atoms with Gasteiger partial charge in [0.15, 0.2) is 0 Å². The summed E-state index contributed by atoms with van der Waals surface area (Å²) in [6.07, 6.45) is 2.29. The van der Waals surface area contributed by atoms with Crippen molar-refractivity contribution in [3.63, 3.8) is 0 Å². The number of carbonyl (C=O) groups excluding carboxylic acids is 1. The summed E-state index contributed by atoms with van der Waals surface area (Å²) in [5.74, 6) is 0. The quantitative estimate of drug-likeness (QED) is 0.782. The van der Waals surface area contributed by atoms with Gasteiger partial charge < -0.3 is 10.1 Å². The number of alkyl carbamates (subject to hydrolysis) is 1. The number of nitrogens with one attached hydrogen (secondary N) is 1. The number of carbonyl (C=O) groups is 1. The molecule has 94 valence electrons. The number of rotatable bonds is 5. The zero-order valence-corrected chi connectivity index (χ0v) is 10.9. The lowest BCUT2D eigenvalue weighted by Crippen LogP contribution is -2.38. The highest BCUT2D eigenvalue weighted by molar-refractivity contribution is 5.67. The number of ether oxygens (including phenoxy) is 1. The first-order valence-electron chi connectivity index (χ1n) is 6.13. The highest BCUT2D eigenvalue weighted by Crippen LogP contribution is 2.25. The van der Waals surface area contributed by atoms with Crippen molar-refractivity contribution in [1.82, 2.24) is 10.2 Å². The van der Waals surface area contributed by atoms with Crippen LogP contribution in [0.5, 0.6) is 0 Å². The number of hydrogen-bond acceptors (Lipinski definition) is 3. The van der Waals surface area contributed by atoms with Gasteiger partial charge in [-0.05, 0) is 40.2 Å². The Morgan fingerprint density at radius 2 is 2.06 bits per heavy atom. The van der Waals surface area contributed by atoms with Crippen molar-refractivity contribution < 1.29 is 9.53 Å². The average Bonchev–Trinajstić information content (AvgIpc) is 2.92. The van der Waals surface area contributed by atoms with E-state index in [2.05, 4.69) is 17.1 Å². The molecule has 1 N–H and O–H groups in total. The Morgan fingerprint density at radius 1 is 1.44 bits per heavy atom. The molecule has 1 aliphatic carbocycles. The summed E-state index contributed by atoms with van der Waals surface area (Å²) in [6.45, 7) is 10.4. The molecule has 1 aliphatic rings. The lowest BCUT2D eigenvalue weighted by molar-refractivity contribution is 0.0521. The summed E-state index contributed by atoms with van der Waals surface area (Å²) in [6, 6.07) is 0.755. The van der Waals surface area contributed by atoms with E-state index >= 15 is 0 Å². The summed E-state index contributed by atoms with van der Waals surface area (Å²) in [4.78, 5) is 13.8. The lowest BCUT2D eigenvalue weighted by atomic mass is 10.2. The van der Waals surface area contributed by atoms with Crippen LogP contribution in [-0.4, -0.2) is 42.3 Å². The molecule has 0 aromatic carbocycles. The van der Waals surface area contributed by atoms with Gasteiger partial charge in [-0.25, -0.2) is 4.79 Å². The van der Waals surface area contributed by atoms with Gasteiger partial charge in [-0.3, -0.25) is 4.90 Å². The Morgan fingerprint density at radius 3 is 2.50 bits per heavy atom. The molecule has 1 saturated carbocycles. The summed E-state index contributed by atoms with van der Waals surface area (Å²) in [5, 5.41) is 2.78. The molecule has 4 heteroatoms. The van der Waals surface area contributed by atoms with Crippen LogP contribution >= 0.6 is 0 Å². The van der Waals surface area contributed by atoms with Gasteiger partial charge in [0.1, 0.15) is 5.60 Å². The smallest absolute Gasteiger partial charge is 0.407 e. The lowest BCUT2D eigenvalue weighted by Gasteiger charge is -2.22. The minimum Gasteiger partial charge on any atom is -0.444 e. The van der Waals surface area contributed by atoms with Crippen molar-refractivity contribution >= 4 is 6.09 Å². The van der Waals surface area contributed by atoms with Crippen molar-refractivity contribution in [3.8, 4) is 0 Å². The Balaban J connectivity index is 2.12. The van der Waals surface area contributed by atoms with Crippen LogP contribution in [-0.2, 0) is 4.74 Å². The van der Waals surface area contributed by atoms with Crippen LogP contribution in [0.1, 0.15) is 40.5 Å². The number of amides is 1. The number of hydrogen-bond donors (Lipinski definition) is 1. The Hall–Kier alpha value is -0.770. The molecule has 0 bridgehead atoms. The van der Waals surface area contributed by atoms with Crippen molar-refractivity contribution in [1.29, 1.82) is 0 Å². The zero-order chi connectivity index (χ0) is 12.2. The Bertz CT molecular complexity index is 232. The molecule has 0 aliphatic heterocycles. The first kappa shape index (κ1) is 13.3. The molecule has 0 aromatic rings. The topological polar surface area (TPSA) is 41.6 Å². The monoisotopic (exact) mass is 228 g/mol. The molecular formula is C12H24N2O2. The molecule has 4 nitrogen and oxygen atoms in total. The maximum atomic E-state index is 11.4. The van der Waals surface area contributed by atoms with Crippen molar-refractivity contribution in [3.05, 3.63) is 0 Å². The molecule has 1 fully saturated rings. The summed E-state index contributed by atoms with van der Waals surface area (Å²) in [7, 11) is 0. The number of likely N-dealkylation sites (N-methyl/N-ethyl adjacent to an activating group) is 1. The van der Waals surface area contributed by atoms with Crippen LogP contribution in [0.15, 0.2) is 0 Å². The Labute approximate surface area is 98.3 Å². The second kappa shape index (κ2) is 5.53. The molecule has 0 spiro atoms. The zero-order valence-electron chi connectivity index (χ0n) is 10.9. The molecule has 0 saturated heterocycles. The van der Waals surface area contributed by atoms with E-state index < -0.39 is 5.60 Å². The van der Waals surface area contributed by atoms with Gasteiger partial charge >= 0.3 is 6.09 Å². The van der Waals surface area contributed by atoms with Gasteiger partial charge in [0.25, 0.3) is 0 Å². The van der Waals surface area contributed by atoms with Crippen LogP contribution in [0.3, 0.4) is 0 Å². The van der Waals surface area contributed by atoms with E-state index in [1.54, 1.807) is 0 Å². The van der Waals surface area contributed by atoms with E-state index in [9.17, 15) is 4.79 Å². The van der Waals surface area contributed by atoms with Gasteiger partial charge in [0.2, 0.25) is 0 Å². The molecule has 1 rings (SSSR count). The van der Waals surface area contributed by atoms with Crippen LogP contribution in [0.25, 0.3) is 0 Å². The first-order chi connectivity index (χ1) is 7.42. The average molecular weight is 228 g/mol. The molecule has 0 atom stereocenters. The largest absolute Gasteiger partial charge is 0.444 e. The van der Waals surface area contributed by atoms with E-state index in [1.807, 2.05) is 20.8 Å². The summed E-state index contributed by atoms with van der Waals surface area (Å²) in [5.41, 5.74) is -0.412. The molecule has 0 radical (unpaired) electrons. The Kier molecular flexibility index (Phi) is 4.59. The van der Waals surface area contributed by atoms with E-state index in [4.69, 9.17) is 4.74 Å². The standard InChI is InChI=1S/C12H24N2O2/c1-5-14(10-6-7-10)9-8-13-11(15)16-12(2,3)4/h10H,5-9H2,1-4H3,(H,13,15). The van der Waals surface area contributed by atoms with E-state index in [0.717, 1.165) is 19.1 Å². The van der Waals surface area contributed by atoms with Gasteiger partial charge in [0.05, 0.1) is 0 Å². The SMILES string of the molecule is CCN(CCNC(=O)OC(C)(C)C)C1CC1. The molecular weight excluding hydrogens is 204 g/mol. The fourth-order valence-electron chi connectivity index (χ4n) is 1.65. The van der Waals surface area contributed by atoms with E-state index in [1.165, 1.54) is 12.8 Å². The maximum Gasteiger partial charge on any atom is 0.407 e. The van der Waals surface area contributed by atoms with Gasteiger partial charge in [-0.15, -0.1) is 0 Å². The van der Waals surface area contributed by atoms with Crippen LogP contribution in [0.2, 0.25) is 0 Å². The minimum absolute atomic E-state index is 0.320. The fourth-order valence-corrected chi connectivity index (χ4v) is 1.65. The first-order valence-corrected chi connectivity index (χ1v) is 6.13. The second-order valence-corrected chi connectivity index (χ2v) is 5.29. The van der Waals surface area contributed by atoms with Gasteiger partial charge in [-0.2, -0.15) is 0 Å². The highest BCUT2D eigenvalue weighted by atomic mass is 16.6. The molecule has 1 amide bonds. The molecule has 0 heterocycles. The van der Waals surface area contributed by atoms with Gasteiger partial charge in [0, 0.05) is 19.1 Å². The second-order valence-electron chi connectivity index (χ2n) is 5.29. The normalized spacial score (nSPS) is 16.3. The predicted octanol–water partition coefficient (Wildman–Crippen LogP) is 2.00. The summed E-state index contributed by atoms with van der Waals surface area (Å²) < 4.78 is 5.16. The van der Waals surface area contributed by atoms with Crippen LogP contribution < -0.4 is 5.32 Å². The van der Waals surface area contributed by atoms with E-state index in [0.29, 0.717) is 6.54 Å². The van der Waals surface area contributed by atoms with Gasteiger partial charge in [-0.1, -0.05) is 6.92 Å². The third-order valence-electron chi connectivity index (χ3n) is 2.54. The fraction of sp³-hybridized carbons (Fsp3) is 0.917. The number of nitrogens with zero attached hydrogens (tertiary/aromatic N) is 1. The van der Waals surface area contributed by atoms with Crippen LogP contribution in [0, 0.1) is 0 Å². The van der Waals surface area contributed by atoms with Crippen molar-refractivity contribution in [2.45, 2.75) is 52.2 Å². The van der Waals surface area contributed by atoms with E-state index in [-0.39, 0.29) is 6.09 Å². The molecule has 0 unspecified atom stereocenters. The van der Waals surface area contributed by atoms with Crippen molar-refractivity contribution in [2.75, 3.05) is 19.6 Å². The summed E-state index contributed by atoms with van der Waals surface area (Å²) >= 11 is 0. The molecule has 0 aromatic heterocycles. The predicted molar refractivity (Wildman–Crippen MR) is 64.5 cm³/mol. The maximum absolute atomic E-state index is 11.4. The van der Waals surface area contributed by atoms with Crippen molar-refractivity contribution in [2.24, 2.45) is 0 Å². The third kappa shape index (κ3) is 5.35. The molecule has 16 heavy (non-hydrogen) atoms. The van der Waals surface area contributed by atoms with Crippen LogP contribution in [0.4, 0.5) is 4.79 Å². The minimum atomic E-state index is -0.412.